The Balaban J connectivity index is 2.63. The van der Waals surface area contributed by atoms with E-state index in [9.17, 15) is 0 Å². The third-order valence-electron chi connectivity index (χ3n) is 2.28. The number of rotatable bonds is 4. The van der Waals surface area contributed by atoms with Gasteiger partial charge in [0.25, 0.3) is 0 Å². The van der Waals surface area contributed by atoms with Gasteiger partial charge < -0.3 is 0 Å². The zero-order chi connectivity index (χ0) is 11.3. The van der Waals surface area contributed by atoms with Crippen molar-refractivity contribution in [1.29, 1.82) is 0 Å². The van der Waals surface area contributed by atoms with Crippen LogP contribution in [-0.2, 0) is 6.42 Å². The van der Waals surface area contributed by atoms with Crippen LogP contribution in [0.25, 0.3) is 0 Å². The van der Waals surface area contributed by atoms with E-state index in [1.807, 2.05) is 19.2 Å². The van der Waals surface area contributed by atoms with Crippen LogP contribution >= 0.6 is 11.6 Å². The molecule has 0 bridgehead atoms. The third-order valence-corrected chi connectivity index (χ3v) is 2.53. The normalized spacial score (nSPS) is 12.2. The second-order valence-corrected chi connectivity index (χ2v) is 4.63. The van der Waals surface area contributed by atoms with Gasteiger partial charge in [-0.25, -0.2) is 0 Å². The Hall–Kier alpha value is -0.820. The summed E-state index contributed by atoms with van der Waals surface area (Å²) < 4.78 is 0. The molecule has 0 fully saturated rings. The van der Waals surface area contributed by atoms with Crippen LogP contribution in [0.2, 0.25) is 5.02 Å². The monoisotopic (exact) mass is 223 g/mol. The molecule has 0 aliphatic heterocycles. The molecule has 2 heteroatoms. The topological polar surface area (TPSA) is 12.4 Å². The molecule has 0 unspecified atom stereocenters. The van der Waals surface area contributed by atoms with E-state index in [0.717, 1.165) is 17.9 Å². The predicted octanol–water partition coefficient (Wildman–Crippen LogP) is 4.00. The molecule has 1 rings (SSSR count). The second-order valence-electron chi connectivity index (χ2n) is 4.19. The minimum atomic E-state index is 0.663. The average molecular weight is 224 g/mol. The highest BCUT2D eigenvalue weighted by Crippen LogP contribution is 2.12. The standard InChI is InChI=1S/C13H18ClN/c1-10(2)8-13(15-3)9-11-4-6-12(14)7-5-11/h4-7,10H,8-9H2,1-3H3. The highest BCUT2D eigenvalue weighted by molar-refractivity contribution is 6.30. The van der Waals surface area contributed by atoms with Crippen LogP contribution in [0, 0.1) is 5.92 Å². The summed E-state index contributed by atoms with van der Waals surface area (Å²) in [7, 11) is 1.87. The van der Waals surface area contributed by atoms with Gasteiger partial charge >= 0.3 is 0 Å². The smallest absolute Gasteiger partial charge is 0.0406 e. The summed E-state index contributed by atoms with van der Waals surface area (Å²) in [5.41, 5.74) is 2.54. The van der Waals surface area contributed by atoms with Crippen molar-refractivity contribution in [2.24, 2.45) is 10.9 Å². The van der Waals surface area contributed by atoms with Gasteiger partial charge in [0.05, 0.1) is 0 Å². The Kier molecular flexibility index (Phi) is 4.83. The Morgan fingerprint density at radius 1 is 1.27 bits per heavy atom. The van der Waals surface area contributed by atoms with Crippen molar-refractivity contribution in [3.05, 3.63) is 34.9 Å². The molecule has 0 atom stereocenters. The van der Waals surface area contributed by atoms with Gasteiger partial charge in [-0.3, -0.25) is 4.99 Å². The maximum absolute atomic E-state index is 5.84. The molecule has 0 aliphatic carbocycles. The second kappa shape index (κ2) is 5.92. The Morgan fingerprint density at radius 2 is 1.87 bits per heavy atom. The van der Waals surface area contributed by atoms with Gasteiger partial charge in [0, 0.05) is 24.2 Å². The van der Waals surface area contributed by atoms with E-state index >= 15 is 0 Å². The molecule has 1 nitrogen and oxygen atoms in total. The van der Waals surface area contributed by atoms with Crippen molar-refractivity contribution in [2.45, 2.75) is 26.7 Å². The van der Waals surface area contributed by atoms with Crippen molar-refractivity contribution < 1.29 is 0 Å². The van der Waals surface area contributed by atoms with E-state index in [4.69, 9.17) is 11.6 Å². The molecule has 0 aromatic heterocycles. The van der Waals surface area contributed by atoms with E-state index in [2.05, 4.69) is 31.0 Å². The van der Waals surface area contributed by atoms with E-state index in [1.54, 1.807) is 0 Å². The van der Waals surface area contributed by atoms with Gasteiger partial charge in [0.15, 0.2) is 0 Å². The van der Waals surface area contributed by atoms with Gasteiger partial charge in [-0.05, 0) is 30.0 Å². The molecule has 1 aromatic rings. The molecule has 0 aliphatic rings. The molecule has 82 valence electrons. The fourth-order valence-corrected chi connectivity index (χ4v) is 1.68. The zero-order valence-corrected chi connectivity index (χ0v) is 10.4. The van der Waals surface area contributed by atoms with E-state index in [-0.39, 0.29) is 0 Å². The van der Waals surface area contributed by atoms with E-state index in [0.29, 0.717) is 5.92 Å². The van der Waals surface area contributed by atoms with Crippen molar-refractivity contribution in [3.63, 3.8) is 0 Å². The first-order valence-electron chi connectivity index (χ1n) is 5.30. The molecule has 1 aromatic carbocycles. The van der Waals surface area contributed by atoms with Gasteiger partial charge in [-0.2, -0.15) is 0 Å². The van der Waals surface area contributed by atoms with E-state index in [1.165, 1.54) is 11.3 Å². The minimum absolute atomic E-state index is 0.663. The Morgan fingerprint density at radius 3 is 2.33 bits per heavy atom. The molecule has 15 heavy (non-hydrogen) atoms. The number of aliphatic imine (C=N–C) groups is 1. The maximum Gasteiger partial charge on any atom is 0.0406 e. The van der Waals surface area contributed by atoms with Gasteiger partial charge in [-0.15, -0.1) is 0 Å². The molecule has 0 saturated heterocycles. The van der Waals surface area contributed by atoms with Gasteiger partial charge in [0.2, 0.25) is 0 Å². The van der Waals surface area contributed by atoms with Crippen molar-refractivity contribution in [1.82, 2.24) is 0 Å². The summed E-state index contributed by atoms with van der Waals surface area (Å²) in [6.45, 7) is 4.43. The highest BCUT2D eigenvalue weighted by Gasteiger charge is 2.03. The first kappa shape index (κ1) is 12.3. The largest absolute Gasteiger partial charge is 0.297 e. The number of hydrogen-bond acceptors (Lipinski definition) is 1. The number of halogens is 1. The molecular formula is C13H18ClN. The average Bonchev–Trinajstić information content (AvgIpc) is 2.19. The lowest BCUT2D eigenvalue weighted by atomic mass is 10.0. The van der Waals surface area contributed by atoms with Crippen LogP contribution in [0.1, 0.15) is 25.8 Å². The fraction of sp³-hybridized carbons (Fsp3) is 0.462. The molecule has 0 spiro atoms. The van der Waals surface area contributed by atoms with Gasteiger partial charge in [-0.1, -0.05) is 37.6 Å². The van der Waals surface area contributed by atoms with Crippen molar-refractivity contribution >= 4 is 17.3 Å². The summed E-state index contributed by atoms with van der Waals surface area (Å²) in [5.74, 6) is 0.663. The lowest BCUT2D eigenvalue weighted by molar-refractivity contribution is 0.678. The van der Waals surface area contributed by atoms with Crippen molar-refractivity contribution in [2.75, 3.05) is 7.05 Å². The molecular weight excluding hydrogens is 206 g/mol. The SMILES string of the molecule is CN=C(Cc1ccc(Cl)cc1)CC(C)C. The Labute approximate surface area is 97.2 Å². The lowest BCUT2D eigenvalue weighted by Crippen LogP contribution is -2.06. The molecule has 0 radical (unpaired) electrons. The van der Waals surface area contributed by atoms with Crippen LogP contribution in [0.15, 0.2) is 29.3 Å². The summed E-state index contributed by atoms with van der Waals surface area (Å²) in [6, 6.07) is 7.99. The third kappa shape index (κ3) is 4.48. The zero-order valence-electron chi connectivity index (χ0n) is 9.63. The summed E-state index contributed by atoms with van der Waals surface area (Å²) >= 11 is 5.84. The lowest BCUT2D eigenvalue weighted by Gasteiger charge is -2.08. The van der Waals surface area contributed by atoms with Crippen LogP contribution in [-0.4, -0.2) is 12.8 Å². The Bertz CT molecular complexity index is 325. The summed E-state index contributed by atoms with van der Waals surface area (Å²) in [4.78, 5) is 4.33. The molecule has 0 heterocycles. The number of hydrogen-bond donors (Lipinski definition) is 0. The van der Waals surface area contributed by atoms with Crippen LogP contribution in [0.4, 0.5) is 0 Å². The first-order chi connectivity index (χ1) is 7.11. The first-order valence-corrected chi connectivity index (χ1v) is 5.68. The van der Waals surface area contributed by atoms with Crippen LogP contribution in [0.5, 0.6) is 0 Å². The number of nitrogens with zero attached hydrogens (tertiary/aromatic N) is 1. The van der Waals surface area contributed by atoms with Crippen LogP contribution in [0.3, 0.4) is 0 Å². The predicted molar refractivity (Wildman–Crippen MR) is 68.0 cm³/mol. The van der Waals surface area contributed by atoms with E-state index < -0.39 is 0 Å². The summed E-state index contributed by atoms with van der Waals surface area (Å²) in [6.07, 6.45) is 2.00. The minimum Gasteiger partial charge on any atom is -0.297 e. The number of benzene rings is 1. The molecule has 0 amide bonds. The van der Waals surface area contributed by atoms with Gasteiger partial charge in [0.1, 0.15) is 0 Å². The van der Waals surface area contributed by atoms with Crippen LogP contribution < -0.4 is 0 Å². The molecule has 0 saturated carbocycles. The van der Waals surface area contributed by atoms with Crippen molar-refractivity contribution in [3.8, 4) is 0 Å². The highest BCUT2D eigenvalue weighted by atomic mass is 35.5. The quantitative estimate of drug-likeness (QED) is 0.685. The maximum atomic E-state index is 5.84. The summed E-state index contributed by atoms with van der Waals surface area (Å²) in [5, 5.41) is 0.789. The fourth-order valence-electron chi connectivity index (χ4n) is 1.55. The molecule has 0 N–H and O–H groups in total.